The summed E-state index contributed by atoms with van der Waals surface area (Å²) in [6.45, 7) is 4.63. The normalized spacial score (nSPS) is 22.2. The zero-order valence-electron chi connectivity index (χ0n) is 10.0. The van der Waals surface area contributed by atoms with E-state index in [4.69, 9.17) is 37.4 Å². The largest absolute Gasteiger partial charge is 0.489 e. The van der Waals surface area contributed by atoms with Gasteiger partial charge < -0.3 is 14.2 Å². The predicted octanol–water partition coefficient (Wildman–Crippen LogP) is 4.29. The van der Waals surface area contributed by atoms with Gasteiger partial charge in [-0.25, -0.2) is 0 Å². The van der Waals surface area contributed by atoms with Gasteiger partial charge in [-0.15, -0.1) is 0 Å². The maximum absolute atomic E-state index is 6.06. The highest BCUT2D eigenvalue weighted by Gasteiger charge is 2.33. The first-order chi connectivity index (χ1) is 8.37. The Labute approximate surface area is 124 Å². The molecule has 1 atom stereocenters. The molecule has 0 radical (unpaired) electrons. The van der Waals surface area contributed by atoms with Crippen molar-refractivity contribution in [2.24, 2.45) is 0 Å². The highest BCUT2D eigenvalue weighted by Crippen LogP contribution is 2.34. The van der Waals surface area contributed by atoms with Gasteiger partial charge in [0.15, 0.2) is 5.79 Å². The summed E-state index contributed by atoms with van der Waals surface area (Å²) < 4.78 is 17.4. The van der Waals surface area contributed by atoms with Crippen molar-refractivity contribution < 1.29 is 14.2 Å². The number of halogens is 3. The van der Waals surface area contributed by atoms with Crippen LogP contribution in [0, 0.1) is 0 Å². The highest BCUT2D eigenvalue weighted by molar-refractivity contribution is 9.10. The average molecular weight is 356 g/mol. The van der Waals surface area contributed by atoms with Crippen LogP contribution in [0.25, 0.3) is 0 Å². The Morgan fingerprint density at radius 2 is 2.11 bits per heavy atom. The number of hydrogen-bond acceptors (Lipinski definition) is 3. The number of benzene rings is 1. The minimum Gasteiger partial charge on any atom is -0.489 e. The molecule has 1 aliphatic rings. The molecule has 1 aromatic carbocycles. The highest BCUT2D eigenvalue weighted by atomic mass is 79.9. The summed E-state index contributed by atoms with van der Waals surface area (Å²) >= 11 is 15.3. The Balaban J connectivity index is 1.97. The Bertz CT molecular complexity index is 451. The monoisotopic (exact) mass is 354 g/mol. The lowest BCUT2D eigenvalue weighted by Crippen LogP contribution is -2.25. The van der Waals surface area contributed by atoms with Crippen molar-refractivity contribution in [3.8, 4) is 5.75 Å². The molecule has 2 rings (SSSR count). The molecule has 0 bridgehead atoms. The lowest BCUT2D eigenvalue weighted by Gasteiger charge is -2.17. The minimum absolute atomic E-state index is 0.0986. The molecule has 1 aliphatic heterocycles. The van der Waals surface area contributed by atoms with Crippen LogP contribution in [-0.2, 0) is 9.47 Å². The second kappa shape index (κ2) is 5.55. The molecule has 6 heteroatoms. The van der Waals surface area contributed by atoms with Crippen LogP contribution >= 0.6 is 39.1 Å². The van der Waals surface area contributed by atoms with E-state index >= 15 is 0 Å². The van der Waals surface area contributed by atoms with Crippen molar-refractivity contribution in [3.05, 3.63) is 26.7 Å². The Kier molecular flexibility index (Phi) is 4.44. The van der Waals surface area contributed by atoms with Crippen LogP contribution in [0.1, 0.15) is 13.8 Å². The number of hydrogen-bond donors (Lipinski definition) is 0. The van der Waals surface area contributed by atoms with E-state index in [9.17, 15) is 0 Å². The molecule has 1 unspecified atom stereocenters. The molecule has 18 heavy (non-hydrogen) atoms. The summed E-state index contributed by atoms with van der Waals surface area (Å²) in [6.07, 6.45) is -0.0986. The van der Waals surface area contributed by atoms with E-state index in [-0.39, 0.29) is 6.10 Å². The molecule has 1 heterocycles. The summed E-state index contributed by atoms with van der Waals surface area (Å²) in [4.78, 5) is 0. The van der Waals surface area contributed by atoms with Crippen LogP contribution < -0.4 is 4.74 Å². The van der Waals surface area contributed by atoms with Crippen molar-refractivity contribution in [1.82, 2.24) is 0 Å². The molecule has 1 fully saturated rings. The van der Waals surface area contributed by atoms with Crippen molar-refractivity contribution in [1.29, 1.82) is 0 Å². The SMILES string of the molecule is CC1(C)OCC(COc2cc(Cl)c(Br)cc2Cl)O1. The third kappa shape index (κ3) is 3.52. The van der Waals surface area contributed by atoms with Crippen LogP contribution in [0.3, 0.4) is 0 Å². The van der Waals surface area contributed by atoms with Crippen LogP contribution in [0.2, 0.25) is 10.0 Å². The van der Waals surface area contributed by atoms with Crippen molar-refractivity contribution in [3.63, 3.8) is 0 Å². The smallest absolute Gasteiger partial charge is 0.163 e. The predicted molar refractivity (Wildman–Crippen MR) is 74.6 cm³/mol. The lowest BCUT2D eigenvalue weighted by molar-refractivity contribution is -0.141. The summed E-state index contributed by atoms with van der Waals surface area (Å²) in [5, 5.41) is 1.06. The molecule has 1 aromatic rings. The van der Waals surface area contributed by atoms with Gasteiger partial charge in [-0.2, -0.15) is 0 Å². The minimum atomic E-state index is -0.546. The summed E-state index contributed by atoms with van der Waals surface area (Å²) in [7, 11) is 0. The van der Waals surface area contributed by atoms with Gasteiger partial charge in [0.1, 0.15) is 18.5 Å². The summed E-state index contributed by atoms with van der Waals surface area (Å²) in [6, 6.07) is 3.38. The summed E-state index contributed by atoms with van der Waals surface area (Å²) in [5.41, 5.74) is 0. The van der Waals surface area contributed by atoms with Crippen molar-refractivity contribution >= 4 is 39.1 Å². The zero-order valence-corrected chi connectivity index (χ0v) is 13.1. The lowest BCUT2D eigenvalue weighted by atomic mass is 10.3. The van der Waals surface area contributed by atoms with E-state index in [0.29, 0.717) is 29.0 Å². The van der Waals surface area contributed by atoms with Gasteiger partial charge >= 0.3 is 0 Å². The fraction of sp³-hybridized carbons (Fsp3) is 0.500. The molecule has 0 aromatic heterocycles. The maximum atomic E-state index is 6.06. The van der Waals surface area contributed by atoms with Crippen LogP contribution in [0.4, 0.5) is 0 Å². The fourth-order valence-electron chi connectivity index (χ4n) is 1.64. The Morgan fingerprint density at radius 3 is 2.72 bits per heavy atom. The molecule has 100 valence electrons. The standard InChI is InChI=1S/C12H13BrCl2O3/c1-12(2)17-6-7(18-12)5-16-11-4-9(14)8(13)3-10(11)15/h3-4,7H,5-6H2,1-2H3. The molecule has 0 aliphatic carbocycles. The molecule has 0 amide bonds. The first kappa shape index (κ1) is 14.4. The van der Waals surface area contributed by atoms with Gasteiger partial charge in [0, 0.05) is 10.5 Å². The van der Waals surface area contributed by atoms with Gasteiger partial charge in [-0.1, -0.05) is 23.2 Å². The Morgan fingerprint density at radius 1 is 1.39 bits per heavy atom. The van der Waals surface area contributed by atoms with Crippen LogP contribution in [0.5, 0.6) is 5.75 Å². The first-order valence-electron chi connectivity index (χ1n) is 5.46. The fourth-order valence-corrected chi connectivity index (χ4v) is 2.49. The van der Waals surface area contributed by atoms with Crippen molar-refractivity contribution in [2.75, 3.05) is 13.2 Å². The molecular formula is C12H13BrCl2O3. The third-order valence-corrected chi connectivity index (χ3v) is 3.96. The van der Waals surface area contributed by atoms with Gasteiger partial charge in [0.05, 0.1) is 16.7 Å². The van der Waals surface area contributed by atoms with Crippen LogP contribution in [-0.4, -0.2) is 25.1 Å². The zero-order chi connectivity index (χ0) is 13.3. The van der Waals surface area contributed by atoms with Gasteiger partial charge in [-0.05, 0) is 35.8 Å². The summed E-state index contributed by atoms with van der Waals surface area (Å²) in [5.74, 6) is -0.00647. The average Bonchev–Trinajstić information content (AvgIpc) is 2.62. The van der Waals surface area contributed by atoms with E-state index in [0.717, 1.165) is 4.47 Å². The van der Waals surface area contributed by atoms with E-state index in [1.165, 1.54) is 0 Å². The Hall–Kier alpha value is -0.0000000000000000763. The number of rotatable bonds is 3. The first-order valence-corrected chi connectivity index (χ1v) is 7.01. The third-order valence-electron chi connectivity index (χ3n) is 2.47. The number of ether oxygens (including phenoxy) is 3. The van der Waals surface area contributed by atoms with Crippen molar-refractivity contribution in [2.45, 2.75) is 25.7 Å². The van der Waals surface area contributed by atoms with Gasteiger partial charge in [0.2, 0.25) is 0 Å². The van der Waals surface area contributed by atoms with E-state index in [1.54, 1.807) is 12.1 Å². The van der Waals surface area contributed by atoms with E-state index in [1.807, 2.05) is 13.8 Å². The quantitative estimate of drug-likeness (QED) is 0.757. The molecule has 0 saturated carbocycles. The molecule has 1 saturated heterocycles. The topological polar surface area (TPSA) is 27.7 Å². The second-order valence-corrected chi connectivity index (χ2v) is 6.13. The van der Waals surface area contributed by atoms with Gasteiger partial charge in [0.25, 0.3) is 0 Å². The van der Waals surface area contributed by atoms with E-state index < -0.39 is 5.79 Å². The molecule has 0 spiro atoms. The van der Waals surface area contributed by atoms with E-state index in [2.05, 4.69) is 15.9 Å². The van der Waals surface area contributed by atoms with Crippen LogP contribution in [0.15, 0.2) is 16.6 Å². The van der Waals surface area contributed by atoms with Gasteiger partial charge in [-0.3, -0.25) is 0 Å². The molecule has 0 N–H and O–H groups in total. The maximum Gasteiger partial charge on any atom is 0.163 e. The second-order valence-electron chi connectivity index (χ2n) is 4.46. The molecule has 3 nitrogen and oxygen atoms in total. The molecular weight excluding hydrogens is 343 g/mol.